The molecule has 0 radical (unpaired) electrons. The van der Waals surface area contributed by atoms with Gasteiger partial charge in [0, 0.05) is 6.26 Å². The van der Waals surface area contributed by atoms with Crippen LogP contribution in [0, 0.1) is 5.92 Å². The molecule has 10 heavy (non-hydrogen) atoms. The quantitative estimate of drug-likeness (QED) is 0.628. The van der Waals surface area contributed by atoms with E-state index in [2.05, 4.69) is 0 Å². The molecule has 0 aromatic heterocycles. The molecule has 0 bridgehead atoms. The van der Waals surface area contributed by atoms with Gasteiger partial charge in [-0.25, -0.2) is 8.42 Å². The minimum Gasteiger partial charge on any atom is -0.392 e. The Morgan fingerprint density at radius 1 is 1.60 bits per heavy atom. The summed E-state index contributed by atoms with van der Waals surface area (Å²) in [6.07, 6.45) is 2.50. The van der Waals surface area contributed by atoms with Crippen LogP contribution < -0.4 is 0 Å². The third-order valence-corrected chi connectivity index (χ3v) is 2.59. The summed E-state index contributed by atoms with van der Waals surface area (Å²) >= 11 is 0. The second kappa shape index (κ2) is 2.51. The largest absolute Gasteiger partial charge is 0.392 e. The Kier molecular flexibility index (Phi) is 2.01. The van der Waals surface area contributed by atoms with Gasteiger partial charge >= 0.3 is 0 Å². The third-order valence-electron chi connectivity index (χ3n) is 1.64. The maximum absolute atomic E-state index is 10.6. The average molecular weight is 164 g/mol. The summed E-state index contributed by atoms with van der Waals surface area (Å²) in [7, 11) is -2.98. The number of hydrogen-bond donors (Lipinski definition) is 1. The van der Waals surface area contributed by atoms with Crippen molar-refractivity contribution in [1.82, 2.24) is 0 Å². The van der Waals surface area contributed by atoms with Crippen LogP contribution in [0.15, 0.2) is 0 Å². The van der Waals surface area contributed by atoms with Gasteiger partial charge in [-0.3, -0.25) is 0 Å². The predicted octanol–water partition coefficient (Wildman–Crippen LogP) is -0.198. The van der Waals surface area contributed by atoms with Crippen molar-refractivity contribution in [1.29, 1.82) is 0 Å². The van der Waals surface area contributed by atoms with Gasteiger partial charge in [0.05, 0.1) is 11.9 Å². The summed E-state index contributed by atoms with van der Waals surface area (Å²) in [6.45, 7) is 0. The maximum Gasteiger partial charge on any atom is 0.150 e. The van der Waals surface area contributed by atoms with Crippen LogP contribution in [0.25, 0.3) is 0 Å². The van der Waals surface area contributed by atoms with E-state index >= 15 is 0 Å². The maximum atomic E-state index is 10.6. The first-order valence-corrected chi connectivity index (χ1v) is 5.41. The van der Waals surface area contributed by atoms with Crippen molar-refractivity contribution in [2.24, 2.45) is 5.92 Å². The second-order valence-corrected chi connectivity index (χ2v) is 5.18. The number of rotatable bonds is 3. The Bertz CT molecular complexity index is 203. The molecule has 4 heteroatoms. The number of aliphatic hydroxyl groups excluding tert-OH is 1. The molecule has 0 aromatic rings. The standard InChI is InChI=1S/C6H12O3S/c1-10(8,9)4-6(7)5-2-3-5/h5-7H,2-4H2,1H3/t6-/m0/s1. The van der Waals surface area contributed by atoms with Crippen molar-refractivity contribution in [2.45, 2.75) is 18.9 Å². The van der Waals surface area contributed by atoms with E-state index in [0.29, 0.717) is 0 Å². The fourth-order valence-electron chi connectivity index (χ4n) is 0.927. The Morgan fingerprint density at radius 3 is 2.40 bits per heavy atom. The van der Waals surface area contributed by atoms with Crippen molar-refractivity contribution >= 4 is 9.84 Å². The van der Waals surface area contributed by atoms with E-state index in [-0.39, 0.29) is 11.7 Å². The van der Waals surface area contributed by atoms with Crippen LogP contribution >= 0.6 is 0 Å². The Hall–Kier alpha value is -0.0900. The molecule has 3 nitrogen and oxygen atoms in total. The lowest BCUT2D eigenvalue weighted by molar-refractivity contribution is 0.174. The first-order valence-electron chi connectivity index (χ1n) is 3.35. The summed E-state index contributed by atoms with van der Waals surface area (Å²) in [6, 6.07) is 0. The number of aliphatic hydroxyl groups is 1. The molecule has 0 aromatic carbocycles. The zero-order valence-electron chi connectivity index (χ0n) is 5.95. The molecule has 1 aliphatic rings. The molecule has 1 rings (SSSR count). The molecule has 0 aliphatic heterocycles. The van der Waals surface area contributed by atoms with E-state index in [1.165, 1.54) is 0 Å². The SMILES string of the molecule is CS(=O)(=O)C[C@H](O)C1CC1. The zero-order valence-corrected chi connectivity index (χ0v) is 6.76. The highest BCUT2D eigenvalue weighted by molar-refractivity contribution is 7.90. The summed E-state index contributed by atoms with van der Waals surface area (Å²) in [5.74, 6) is 0.187. The molecule has 1 N–H and O–H groups in total. The van der Waals surface area contributed by atoms with Crippen LogP contribution in [0.5, 0.6) is 0 Å². The van der Waals surface area contributed by atoms with Gasteiger partial charge in [0.2, 0.25) is 0 Å². The lowest BCUT2D eigenvalue weighted by Gasteiger charge is -2.05. The zero-order chi connectivity index (χ0) is 7.78. The van der Waals surface area contributed by atoms with Crippen LogP contribution in [0.4, 0.5) is 0 Å². The molecule has 0 spiro atoms. The van der Waals surface area contributed by atoms with Crippen LogP contribution in [0.3, 0.4) is 0 Å². The van der Waals surface area contributed by atoms with Crippen LogP contribution in [0.2, 0.25) is 0 Å². The first kappa shape index (κ1) is 8.01. The molecule has 0 heterocycles. The van der Waals surface area contributed by atoms with E-state index < -0.39 is 15.9 Å². The second-order valence-electron chi connectivity index (χ2n) is 3.00. The highest BCUT2D eigenvalue weighted by atomic mass is 32.2. The Labute approximate surface area is 61.0 Å². The molecular formula is C6H12O3S. The van der Waals surface area contributed by atoms with Crippen molar-refractivity contribution in [3.8, 4) is 0 Å². The number of hydrogen-bond acceptors (Lipinski definition) is 3. The molecule has 0 saturated heterocycles. The van der Waals surface area contributed by atoms with E-state index in [9.17, 15) is 8.42 Å². The van der Waals surface area contributed by atoms with Gasteiger partial charge in [-0.1, -0.05) is 0 Å². The monoisotopic (exact) mass is 164 g/mol. The topological polar surface area (TPSA) is 54.4 Å². The van der Waals surface area contributed by atoms with Crippen LogP contribution in [0.1, 0.15) is 12.8 Å². The normalized spacial score (nSPS) is 22.6. The smallest absolute Gasteiger partial charge is 0.150 e. The molecular weight excluding hydrogens is 152 g/mol. The van der Waals surface area contributed by atoms with Gasteiger partial charge in [0.25, 0.3) is 0 Å². The van der Waals surface area contributed by atoms with Crippen LogP contribution in [-0.2, 0) is 9.84 Å². The molecule has 0 amide bonds. The average Bonchev–Trinajstić information content (AvgIpc) is 2.35. The van der Waals surface area contributed by atoms with Gasteiger partial charge in [-0.15, -0.1) is 0 Å². The minimum atomic E-state index is -2.98. The minimum absolute atomic E-state index is 0.0718. The fraction of sp³-hybridized carbons (Fsp3) is 1.00. The highest BCUT2D eigenvalue weighted by Crippen LogP contribution is 2.32. The van der Waals surface area contributed by atoms with E-state index in [1.54, 1.807) is 0 Å². The molecule has 1 saturated carbocycles. The molecule has 1 atom stereocenters. The molecule has 0 unspecified atom stereocenters. The van der Waals surface area contributed by atoms with E-state index in [1.807, 2.05) is 0 Å². The lowest BCUT2D eigenvalue weighted by Crippen LogP contribution is -2.21. The molecule has 1 fully saturated rings. The highest BCUT2D eigenvalue weighted by Gasteiger charge is 2.31. The van der Waals surface area contributed by atoms with Crippen molar-refractivity contribution < 1.29 is 13.5 Å². The van der Waals surface area contributed by atoms with Gasteiger partial charge < -0.3 is 5.11 Å². The summed E-state index contributed by atoms with van der Waals surface area (Å²) in [5, 5.41) is 9.15. The van der Waals surface area contributed by atoms with Crippen molar-refractivity contribution in [2.75, 3.05) is 12.0 Å². The Balaban J connectivity index is 2.37. The molecule has 1 aliphatic carbocycles. The van der Waals surface area contributed by atoms with Crippen molar-refractivity contribution in [3.63, 3.8) is 0 Å². The summed E-state index contributed by atoms with van der Waals surface area (Å²) in [5.41, 5.74) is 0. The fourth-order valence-corrected chi connectivity index (χ4v) is 1.82. The number of sulfone groups is 1. The lowest BCUT2D eigenvalue weighted by atomic mass is 10.3. The van der Waals surface area contributed by atoms with Gasteiger partial charge in [-0.2, -0.15) is 0 Å². The predicted molar refractivity (Wildman–Crippen MR) is 38.4 cm³/mol. The Morgan fingerprint density at radius 2 is 2.10 bits per heavy atom. The summed E-state index contributed by atoms with van der Waals surface area (Å²) in [4.78, 5) is 0. The van der Waals surface area contributed by atoms with Crippen LogP contribution in [-0.4, -0.2) is 31.6 Å². The van der Waals surface area contributed by atoms with E-state index in [0.717, 1.165) is 19.1 Å². The van der Waals surface area contributed by atoms with E-state index in [4.69, 9.17) is 5.11 Å². The summed E-state index contributed by atoms with van der Waals surface area (Å²) < 4.78 is 21.2. The van der Waals surface area contributed by atoms with Gasteiger partial charge in [-0.05, 0) is 18.8 Å². The van der Waals surface area contributed by atoms with Crippen molar-refractivity contribution in [3.05, 3.63) is 0 Å². The first-order chi connectivity index (χ1) is 4.49. The third kappa shape index (κ3) is 2.66. The van der Waals surface area contributed by atoms with Gasteiger partial charge in [0.15, 0.2) is 0 Å². The molecule has 60 valence electrons. The van der Waals surface area contributed by atoms with Gasteiger partial charge in [0.1, 0.15) is 9.84 Å².